The van der Waals surface area contributed by atoms with E-state index in [1.54, 1.807) is 6.07 Å². The van der Waals surface area contributed by atoms with Crippen LogP contribution in [0.1, 0.15) is 5.56 Å². The highest BCUT2D eigenvalue weighted by Crippen LogP contribution is 2.42. The molecule has 0 aliphatic rings. The highest BCUT2D eigenvalue weighted by Gasteiger charge is 2.20. The molecule has 2 N–H and O–H groups in total. The van der Waals surface area contributed by atoms with Crippen molar-refractivity contribution in [1.82, 2.24) is 15.2 Å². The molecule has 0 aliphatic carbocycles. The van der Waals surface area contributed by atoms with Crippen molar-refractivity contribution in [3.8, 4) is 28.5 Å². The Morgan fingerprint density at radius 1 is 0.893 bits per heavy atom. The third-order valence-corrected chi connectivity index (χ3v) is 5.64. The van der Waals surface area contributed by atoms with Gasteiger partial charge in [-0.3, -0.25) is 0 Å². The number of aromatic nitrogens is 3. The van der Waals surface area contributed by atoms with Crippen LogP contribution in [0, 0.1) is 11.3 Å². The largest absolute Gasteiger partial charge is 0.383 e. The monoisotopic (exact) mass is 379 g/mol. The Hall–Kier alpha value is -3.82. The van der Waals surface area contributed by atoms with Crippen LogP contribution in [0.4, 0.5) is 5.82 Å². The number of hydrogen-bond acceptors (Lipinski definition) is 6. The number of nitrogens with two attached hydrogens (primary N) is 1. The maximum atomic E-state index is 9.28. The van der Waals surface area contributed by atoms with E-state index in [9.17, 15) is 5.26 Å². The Bertz CT molecular complexity index is 1370. The van der Waals surface area contributed by atoms with Crippen LogP contribution in [0.25, 0.3) is 42.8 Å². The first kappa shape index (κ1) is 16.4. The number of nitrogens with zero attached hydrogens (tertiary/aromatic N) is 4. The minimum absolute atomic E-state index is 0.229. The molecule has 5 rings (SSSR count). The number of nitriles is 1. The van der Waals surface area contributed by atoms with Gasteiger partial charge in [-0.2, -0.15) is 5.26 Å². The van der Waals surface area contributed by atoms with Gasteiger partial charge in [0.2, 0.25) is 0 Å². The first-order chi connectivity index (χ1) is 13.8. The van der Waals surface area contributed by atoms with Crippen LogP contribution in [0.5, 0.6) is 0 Å². The van der Waals surface area contributed by atoms with Crippen LogP contribution in [-0.2, 0) is 0 Å². The van der Waals surface area contributed by atoms with E-state index in [1.165, 1.54) is 11.3 Å². The summed E-state index contributed by atoms with van der Waals surface area (Å²) in [5.74, 6) is 0.229. The average molecular weight is 379 g/mol. The van der Waals surface area contributed by atoms with Crippen molar-refractivity contribution in [3.05, 3.63) is 72.3 Å². The predicted molar refractivity (Wildman–Crippen MR) is 113 cm³/mol. The minimum atomic E-state index is 0.229. The number of anilines is 1. The van der Waals surface area contributed by atoms with Crippen LogP contribution in [0.3, 0.4) is 0 Å². The summed E-state index contributed by atoms with van der Waals surface area (Å²) < 4.78 is 0.873. The summed E-state index contributed by atoms with van der Waals surface area (Å²) in [5.41, 5.74) is 10.9. The predicted octanol–water partition coefficient (Wildman–Crippen LogP) is 5.03. The Morgan fingerprint density at radius 3 is 2.25 bits per heavy atom. The van der Waals surface area contributed by atoms with Gasteiger partial charge in [0.1, 0.15) is 22.4 Å². The molecule has 0 saturated carbocycles. The van der Waals surface area contributed by atoms with Gasteiger partial charge in [-0.15, -0.1) is 21.5 Å². The molecule has 2 aromatic carbocycles. The minimum Gasteiger partial charge on any atom is -0.383 e. The molecular formula is C22H13N5S. The molecule has 0 radical (unpaired) electrons. The number of thiophene rings is 1. The smallest absolute Gasteiger partial charge is 0.149 e. The topological polar surface area (TPSA) is 88.5 Å². The number of benzene rings is 2. The SMILES string of the molecule is N#Cc1cc2sc3nnc(-c4ccccc4)c(-c4ccccc4)c3c2nc1N. The Morgan fingerprint density at radius 2 is 1.57 bits per heavy atom. The summed E-state index contributed by atoms with van der Waals surface area (Å²) in [6, 6.07) is 24.0. The zero-order valence-corrected chi connectivity index (χ0v) is 15.4. The molecule has 3 aromatic heterocycles. The van der Waals surface area contributed by atoms with E-state index >= 15 is 0 Å². The molecule has 0 spiro atoms. The van der Waals surface area contributed by atoms with Crippen LogP contribution < -0.4 is 5.73 Å². The van der Waals surface area contributed by atoms with E-state index in [-0.39, 0.29) is 5.82 Å². The van der Waals surface area contributed by atoms with Gasteiger partial charge in [0.25, 0.3) is 0 Å². The lowest BCUT2D eigenvalue weighted by atomic mass is 9.97. The van der Waals surface area contributed by atoms with Crippen molar-refractivity contribution in [3.63, 3.8) is 0 Å². The second-order valence-corrected chi connectivity index (χ2v) is 7.35. The van der Waals surface area contributed by atoms with E-state index in [0.717, 1.165) is 42.8 Å². The maximum absolute atomic E-state index is 9.28. The molecule has 5 aromatic rings. The Labute approximate surface area is 164 Å². The van der Waals surface area contributed by atoms with Gasteiger partial charge in [-0.25, -0.2) is 4.98 Å². The summed E-state index contributed by atoms with van der Waals surface area (Å²) in [6.07, 6.45) is 0. The van der Waals surface area contributed by atoms with E-state index in [1.807, 2.05) is 48.5 Å². The van der Waals surface area contributed by atoms with Crippen molar-refractivity contribution in [2.24, 2.45) is 0 Å². The molecule has 5 nitrogen and oxygen atoms in total. The van der Waals surface area contributed by atoms with Crippen LogP contribution in [0.2, 0.25) is 0 Å². The summed E-state index contributed by atoms with van der Waals surface area (Å²) in [4.78, 5) is 5.33. The standard InChI is InChI=1S/C22H13N5S/c23-12-15-11-16-20(25-21(15)24)18-17(13-7-3-1-4-8-13)19(26-27-22(18)28-16)14-9-5-2-6-10-14/h1-11H,(H2,24,25). The fourth-order valence-electron chi connectivity index (χ4n) is 3.36. The Balaban J connectivity index is 1.96. The maximum Gasteiger partial charge on any atom is 0.149 e. The molecule has 132 valence electrons. The van der Waals surface area contributed by atoms with Gasteiger partial charge < -0.3 is 5.73 Å². The number of pyridine rings is 1. The summed E-state index contributed by atoms with van der Waals surface area (Å²) in [6.45, 7) is 0. The van der Waals surface area contributed by atoms with Crippen molar-refractivity contribution >= 4 is 37.6 Å². The van der Waals surface area contributed by atoms with Crippen LogP contribution in [0.15, 0.2) is 66.7 Å². The summed E-state index contributed by atoms with van der Waals surface area (Å²) in [5, 5.41) is 19.2. The van der Waals surface area contributed by atoms with Crippen molar-refractivity contribution in [1.29, 1.82) is 5.26 Å². The number of rotatable bonds is 2. The highest BCUT2D eigenvalue weighted by atomic mass is 32.1. The number of fused-ring (bicyclic) bond motifs is 3. The van der Waals surface area contributed by atoms with Crippen molar-refractivity contribution in [2.45, 2.75) is 0 Å². The van der Waals surface area contributed by atoms with E-state index in [2.05, 4.69) is 33.4 Å². The second kappa shape index (κ2) is 6.41. The van der Waals surface area contributed by atoms with Gasteiger partial charge >= 0.3 is 0 Å². The second-order valence-electron chi connectivity index (χ2n) is 6.32. The van der Waals surface area contributed by atoms with E-state index in [4.69, 9.17) is 5.73 Å². The molecule has 3 heterocycles. The highest BCUT2D eigenvalue weighted by molar-refractivity contribution is 7.25. The molecule has 0 aliphatic heterocycles. The third kappa shape index (κ3) is 2.49. The summed E-state index contributed by atoms with van der Waals surface area (Å²) >= 11 is 1.47. The van der Waals surface area contributed by atoms with Gasteiger partial charge in [-0.1, -0.05) is 60.7 Å². The lowest BCUT2D eigenvalue weighted by Crippen LogP contribution is -1.96. The number of hydrogen-bond donors (Lipinski definition) is 1. The lowest BCUT2D eigenvalue weighted by molar-refractivity contribution is 1.09. The zero-order chi connectivity index (χ0) is 19.1. The van der Waals surface area contributed by atoms with Gasteiger partial charge in [0.05, 0.1) is 15.8 Å². The molecule has 28 heavy (non-hydrogen) atoms. The quantitative estimate of drug-likeness (QED) is 0.465. The first-order valence-electron chi connectivity index (χ1n) is 8.66. The van der Waals surface area contributed by atoms with Crippen molar-refractivity contribution < 1.29 is 0 Å². The van der Waals surface area contributed by atoms with Gasteiger partial charge in [-0.05, 0) is 11.6 Å². The summed E-state index contributed by atoms with van der Waals surface area (Å²) in [7, 11) is 0. The van der Waals surface area contributed by atoms with Crippen LogP contribution in [-0.4, -0.2) is 15.2 Å². The lowest BCUT2D eigenvalue weighted by Gasteiger charge is -2.10. The van der Waals surface area contributed by atoms with Crippen molar-refractivity contribution in [2.75, 3.05) is 5.73 Å². The average Bonchev–Trinajstić information content (AvgIpc) is 3.11. The van der Waals surface area contributed by atoms with E-state index < -0.39 is 0 Å². The van der Waals surface area contributed by atoms with Gasteiger partial charge in [0.15, 0.2) is 0 Å². The fourth-order valence-corrected chi connectivity index (χ4v) is 4.37. The normalized spacial score (nSPS) is 11.0. The first-order valence-corrected chi connectivity index (χ1v) is 9.48. The molecule has 0 bridgehead atoms. The molecule has 0 fully saturated rings. The molecular weight excluding hydrogens is 366 g/mol. The molecule has 6 heteroatoms. The fraction of sp³-hybridized carbons (Fsp3) is 0. The molecule has 0 saturated heterocycles. The molecule has 0 unspecified atom stereocenters. The Kier molecular flexibility index (Phi) is 3.75. The third-order valence-electron chi connectivity index (χ3n) is 4.63. The molecule has 0 atom stereocenters. The molecule has 0 amide bonds. The van der Waals surface area contributed by atoms with E-state index in [0.29, 0.717) is 5.56 Å². The number of nitrogen functional groups attached to an aromatic ring is 1. The van der Waals surface area contributed by atoms with Gasteiger partial charge in [0, 0.05) is 16.5 Å². The van der Waals surface area contributed by atoms with Crippen LogP contribution >= 0.6 is 11.3 Å². The zero-order valence-electron chi connectivity index (χ0n) is 14.6.